The Kier molecular flexibility index (Phi) is 3.81. The van der Waals surface area contributed by atoms with Crippen LogP contribution < -0.4 is 20.9 Å². The molecule has 0 atom stereocenters. The van der Waals surface area contributed by atoms with Crippen molar-refractivity contribution >= 4 is 34.5 Å². The largest absolute Gasteiger partial charge is 0.366 e. The third kappa shape index (κ3) is 3.03. The first-order chi connectivity index (χ1) is 13.3. The van der Waals surface area contributed by atoms with E-state index in [-0.39, 0.29) is 0 Å². The lowest BCUT2D eigenvalue weighted by molar-refractivity contribution is 0.758. The molecule has 6 heteroatoms. The van der Waals surface area contributed by atoms with Crippen molar-refractivity contribution in [2.45, 2.75) is 19.8 Å². The van der Waals surface area contributed by atoms with Gasteiger partial charge in [0.2, 0.25) is 5.95 Å². The molecule has 0 spiro atoms. The van der Waals surface area contributed by atoms with Crippen molar-refractivity contribution in [3.63, 3.8) is 0 Å². The standard InChI is InChI=1S/C21H22N6/c1-14-4-7-19-15(11-14)3-2-10-27(19)20-8-9-22-21(26-20)25-16-5-6-17-18(12-16)24-13-23-17/h4-9,11-12,23-24H,2-3,10,13H2,1H3,(H,22,25,26). The molecule has 6 nitrogen and oxygen atoms in total. The Morgan fingerprint density at radius 1 is 1.04 bits per heavy atom. The molecule has 2 aromatic carbocycles. The van der Waals surface area contributed by atoms with E-state index in [1.165, 1.54) is 16.8 Å². The molecule has 0 radical (unpaired) electrons. The maximum Gasteiger partial charge on any atom is 0.229 e. The summed E-state index contributed by atoms with van der Waals surface area (Å²) in [5.74, 6) is 1.54. The Hall–Kier alpha value is -3.28. The van der Waals surface area contributed by atoms with Crippen LogP contribution in [-0.4, -0.2) is 23.2 Å². The zero-order valence-electron chi connectivity index (χ0n) is 15.3. The molecule has 1 aromatic heterocycles. The van der Waals surface area contributed by atoms with Gasteiger partial charge in [-0.15, -0.1) is 0 Å². The SMILES string of the molecule is Cc1ccc2c(c1)CCCN2c1ccnc(Nc2ccc3c(c2)NCN3)n1. The molecule has 2 aliphatic heterocycles. The Morgan fingerprint density at radius 2 is 1.96 bits per heavy atom. The molecule has 0 amide bonds. The molecule has 3 N–H and O–H groups in total. The van der Waals surface area contributed by atoms with E-state index in [1.807, 2.05) is 18.3 Å². The fourth-order valence-electron chi connectivity index (χ4n) is 3.81. The second-order valence-electron chi connectivity index (χ2n) is 7.04. The van der Waals surface area contributed by atoms with Crippen LogP contribution in [-0.2, 0) is 6.42 Å². The average Bonchev–Trinajstić information content (AvgIpc) is 3.15. The Bertz CT molecular complexity index is 1000. The molecule has 27 heavy (non-hydrogen) atoms. The van der Waals surface area contributed by atoms with Gasteiger partial charge >= 0.3 is 0 Å². The summed E-state index contributed by atoms with van der Waals surface area (Å²) in [6.45, 7) is 3.88. The van der Waals surface area contributed by atoms with Crippen molar-refractivity contribution in [1.82, 2.24) is 9.97 Å². The van der Waals surface area contributed by atoms with E-state index < -0.39 is 0 Å². The quantitative estimate of drug-likeness (QED) is 0.645. The van der Waals surface area contributed by atoms with Crippen LogP contribution >= 0.6 is 0 Å². The van der Waals surface area contributed by atoms with Crippen LogP contribution in [0.1, 0.15) is 17.5 Å². The zero-order valence-corrected chi connectivity index (χ0v) is 15.3. The van der Waals surface area contributed by atoms with E-state index in [0.29, 0.717) is 5.95 Å². The predicted octanol–water partition coefficient (Wildman–Crippen LogP) is 4.41. The van der Waals surface area contributed by atoms with E-state index >= 15 is 0 Å². The fourth-order valence-corrected chi connectivity index (χ4v) is 3.81. The van der Waals surface area contributed by atoms with Crippen LogP contribution in [0.2, 0.25) is 0 Å². The molecular weight excluding hydrogens is 336 g/mol. The lowest BCUT2D eigenvalue weighted by Crippen LogP contribution is -2.25. The first-order valence-corrected chi connectivity index (χ1v) is 9.35. The minimum atomic E-state index is 0.609. The second-order valence-corrected chi connectivity index (χ2v) is 7.04. The van der Waals surface area contributed by atoms with Crippen molar-refractivity contribution < 1.29 is 0 Å². The van der Waals surface area contributed by atoms with Crippen LogP contribution in [0.5, 0.6) is 0 Å². The van der Waals surface area contributed by atoms with Gasteiger partial charge in [-0.3, -0.25) is 0 Å². The number of anilines is 6. The van der Waals surface area contributed by atoms with Gasteiger partial charge in [0.25, 0.3) is 0 Å². The van der Waals surface area contributed by atoms with E-state index in [1.54, 1.807) is 0 Å². The first-order valence-electron chi connectivity index (χ1n) is 9.35. The summed E-state index contributed by atoms with van der Waals surface area (Å²) >= 11 is 0. The summed E-state index contributed by atoms with van der Waals surface area (Å²) in [7, 11) is 0. The summed E-state index contributed by atoms with van der Waals surface area (Å²) in [6, 6.07) is 14.8. The lowest BCUT2D eigenvalue weighted by Gasteiger charge is -2.30. The summed E-state index contributed by atoms with van der Waals surface area (Å²) in [5.41, 5.74) is 7.14. The highest BCUT2D eigenvalue weighted by Gasteiger charge is 2.19. The molecule has 5 rings (SSSR count). The summed E-state index contributed by atoms with van der Waals surface area (Å²) in [6.07, 6.45) is 4.08. The number of fused-ring (bicyclic) bond motifs is 2. The van der Waals surface area contributed by atoms with Gasteiger partial charge in [0, 0.05) is 24.1 Å². The highest BCUT2D eigenvalue weighted by atomic mass is 15.2. The number of nitrogens with zero attached hydrogens (tertiary/aromatic N) is 3. The van der Waals surface area contributed by atoms with Gasteiger partial charge in [-0.1, -0.05) is 17.7 Å². The van der Waals surface area contributed by atoms with Gasteiger partial charge < -0.3 is 20.9 Å². The molecule has 0 bridgehead atoms. The summed E-state index contributed by atoms with van der Waals surface area (Å²) in [4.78, 5) is 11.5. The van der Waals surface area contributed by atoms with Crippen LogP contribution in [0.25, 0.3) is 0 Å². The van der Waals surface area contributed by atoms with Gasteiger partial charge in [-0.25, -0.2) is 4.98 Å². The van der Waals surface area contributed by atoms with Crippen LogP contribution in [0.15, 0.2) is 48.7 Å². The molecule has 3 aromatic rings. The highest BCUT2D eigenvalue weighted by molar-refractivity contribution is 5.78. The van der Waals surface area contributed by atoms with E-state index in [9.17, 15) is 0 Å². The third-order valence-electron chi connectivity index (χ3n) is 5.10. The number of nitrogens with one attached hydrogen (secondary N) is 3. The fraction of sp³-hybridized carbons (Fsp3) is 0.238. The molecule has 0 unspecified atom stereocenters. The van der Waals surface area contributed by atoms with Gasteiger partial charge in [0.1, 0.15) is 5.82 Å². The highest BCUT2D eigenvalue weighted by Crippen LogP contribution is 2.34. The molecule has 3 heterocycles. The number of hydrogen-bond donors (Lipinski definition) is 3. The number of aryl methyl sites for hydroxylation is 2. The number of rotatable bonds is 3. The molecule has 0 saturated heterocycles. The molecule has 2 aliphatic rings. The first kappa shape index (κ1) is 15.9. The minimum Gasteiger partial charge on any atom is -0.366 e. The van der Waals surface area contributed by atoms with Crippen LogP contribution in [0, 0.1) is 6.92 Å². The third-order valence-corrected chi connectivity index (χ3v) is 5.10. The predicted molar refractivity (Wildman–Crippen MR) is 110 cm³/mol. The van der Waals surface area contributed by atoms with Crippen LogP contribution in [0.3, 0.4) is 0 Å². The van der Waals surface area contributed by atoms with Crippen molar-refractivity contribution in [2.75, 3.05) is 34.1 Å². The lowest BCUT2D eigenvalue weighted by atomic mass is 9.99. The van der Waals surface area contributed by atoms with Gasteiger partial charge in [0.15, 0.2) is 0 Å². The van der Waals surface area contributed by atoms with E-state index in [0.717, 1.165) is 48.9 Å². The van der Waals surface area contributed by atoms with Crippen molar-refractivity contribution in [3.8, 4) is 0 Å². The molecule has 0 fully saturated rings. The molecular formula is C21H22N6. The number of aromatic nitrogens is 2. The molecule has 136 valence electrons. The van der Waals surface area contributed by atoms with Crippen LogP contribution in [0.4, 0.5) is 34.5 Å². The Balaban J connectivity index is 1.43. The zero-order chi connectivity index (χ0) is 18.2. The minimum absolute atomic E-state index is 0.609. The van der Waals surface area contributed by atoms with Gasteiger partial charge in [-0.2, -0.15) is 4.98 Å². The van der Waals surface area contributed by atoms with Gasteiger partial charge in [0.05, 0.1) is 18.0 Å². The van der Waals surface area contributed by atoms with E-state index in [4.69, 9.17) is 4.98 Å². The van der Waals surface area contributed by atoms with E-state index in [2.05, 4.69) is 63.1 Å². The topological polar surface area (TPSA) is 65.1 Å². The number of benzene rings is 2. The van der Waals surface area contributed by atoms with Crippen molar-refractivity contribution in [2.24, 2.45) is 0 Å². The Labute approximate surface area is 158 Å². The smallest absolute Gasteiger partial charge is 0.229 e. The van der Waals surface area contributed by atoms with Crippen molar-refractivity contribution in [1.29, 1.82) is 0 Å². The molecule has 0 saturated carbocycles. The second kappa shape index (κ2) is 6.46. The maximum absolute atomic E-state index is 4.77. The molecule has 0 aliphatic carbocycles. The van der Waals surface area contributed by atoms with Crippen molar-refractivity contribution in [3.05, 3.63) is 59.8 Å². The maximum atomic E-state index is 4.77. The van der Waals surface area contributed by atoms with Gasteiger partial charge in [-0.05, 0) is 55.7 Å². The summed E-state index contributed by atoms with van der Waals surface area (Å²) in [5, 5.41) is 9.91. The summed E-state index contributed by atoms with van der Waals surface area (Å²) < 4.78 is 0. The number of hydrogen-bond acceptors (Lipinski definition) is 6. The monoisotopic (exact) mass is 358 g/mol. The average molecular weight is 358 g/mol. The normalized spacial score (nSPS) is 14.8. The Morgan fingerprint density at radius 3 is 2.93 bits per heavy atom.